The molecule has 0 radical (unpaired) electrons. The van der Waals surface area contributed by atoms with Crippen LogP contribution in [0.3, 0.4) is 0 Å². The Hall–Kier alpha value is -3.30. The van der Waals surface area contributed by atoms with Crippen molar-refractivity contribution in [2.45, 2.75) is 44.3 Å². The molecule has 9 heteroatoms. The third kappa shape index (κ3) is 3.44. The van der Waals surface area contributed by atoms with Gasteiger partial charge in [-0.05, 0) is 62.2 Å². The number of aromatic nitrogens is 4. The number of nitrogens with zero attached hydrogens (tertiary/aromatic N) is 5. The van der Waals surface area contributed by atoms with Gasteiger partial charge in [0.25, 0.3) is 5.91 Å². The predicted octanol–water partition coefficient (Wildman–Crippen LogP) is 3.01. The van der Waals surface area contributed by atoms with E-state index in [4.69, 9.17) is 9.72 Å². The zero-order valence-electron chi connectivity index (χ0n) is 20.0. The molecule has 1 aliphatic carbocycles. The van der Waals surface area contributed by atoms with Crippen molar-refractivity contribution < 1.29 is 9.53 Å². The molecule has 35 heavy (non-hydrogen) atoms. The summed E-state index contributed by atoms with van der Waals surface area (Å²) in [7, 11) is 4.11. The summed E-state index contributed by atoms with van der Waals surface area (Å²) in [6, 6.07) is 8.74. The van der Waals surface area contributed by atoms with Gasteiger partial charge < -0.3 is 24.8 Å². The molecule has 4 aliphatic rings. The Morgan fingerprint density at radius 2 is 2.14 bits per heavy atom. The van der Waals surface area contributed by atoms with Crippen molar-refractivity contribution in [3.8, 4) is 11.4 Å². The number of rotatable bonds is 6. The molecule has 1 amide bonds. The maximum absolute atomic E-state index is 12.9. The summed E-state index contributed by atoms with van der Waals surface area (Å²) in [5.41, 5.74) is 5.71. The third-order valence-corrected chi connectivity index (χ3v) is 7.74. The van der Waals surface area contributed by atoms with Gasteiger partial charge in [-0.25, -0.2) is 4.98 Å². The fraction of sp³-hybridized carbons (Fsp3) is 0.462. The SMILES string of the molecule is CN(C)Cc1nc(Nc2ccc(-c3nnc4n3C3CC3C4)c3c2C(=O)NC3)ccc1[C@@H]1CCOC1. The molecule has 2 fully saturated rings. The van der Waals surface area contributed by atoms with Gasteiger partial charge in [0, 0.05) is 43.6 Å². The molecule has 0 spiro atoms. The number of fused-ring (bicyclic) bond motifs is 4. The topological polar surface area (TPSA) is 97.2 Å². The van der Waals surface area contributed by atoms with Crippen LogP contribution < -0.4 is 10.6 Å². The first-order valence-electron chi connectivity index (χ1n) is 12.4. The normalized spacial score (nSPS) is 23.9. The highest BCUT2D eigenvalue weighted by molar-refractivity contribution is 6.05. The molecule has 1 aromatic carbocycles. The van der Waals surface area contributed by atoms with Crippen LogP contribution in [0.25, 0.3) is 11.4 Å². The second-order valence-electron chi connectivity index (χ2n) is 10.4. The van der Waals surface area contributed by atoms with Crippen LogP contribution in [0.2, 0.25) is 0 Å². The summed E-state index contributed by atoms with van der Waals surface area (Å²) in [5, 5.41) is 15.4. The van der Waals surface area contributed by atoms with Crippen LogP contribution in [0.15, 0.2) is 24.3 Å². The molecule has 5 heterocycles. The minimum Gasteiger partial charge on any atom is -0.381 e. The number of carbonyl (C=O) groups excluding carboxylic acids is 1. The third-order valence-electron chi connectivity index (χ3n) is 7.74. The largest absolute Gasteiger partial charge is 0.381 e. The van der Waals surface area contributed by atoms with E-state index in [2.05, 4.69) is 56.5 Å². The molecule has 1 saturated carbocycles. The van der Waals surface area contributed by atoms with Gasteiger partial charge >= 0.3 is 0 Å². The highest BCUT2D eigenvalue weighted by atomic mass is 16.5. The summed E-state index contributed by atoms with van der Waals surface area (Å²) >= 11 is 0. The summed E-state index contributed by atoms with van der Waals surface area (Å²) in [5.74, 6) is 3.73. The molecular formula is C26H29N7O2. The van der Waals surface area contributed by atoms with Crippen LogP contribution in [0, 0.1) is 5.92 Å². The molecule has 1 saturated heterocycles. The lowest BCUT2D eigenvalue weighted by Gasteiger charge is -2.19. The molecule has 9 nitrogen and oxygen atoms in total. The van der Waals surface area contributed by atoms with Crippen molar-refractivity contribution in [3.63, 3.8) is 0 Å². The van der Waals surface area contributed by atoms with E-state index in [1.807, 2.05) is 12.1 Å². The fourth-order valence-corrected chi connectivity index (χ4v) is 5.96. The number of amides is 1. The van der Waals surface area contributed by atoms with E-state index in [9.17, 15) is 4.79 Å². The van der Waals surface area contributed by atoms with Crippen LogP contribution in [0.5, 0.6) is 0 Å². The van der Waals surface area contributed by atoms with E-state index in [0.717, 1.165) is 72.6 Å². The molecule has 0 bridgehead atoms. The Morgan fingerprint density at radius 1 is 1.23 bits per heavy atom. The standard InChI is InChI=1S/C26H29N7O2/c1-32(2)12-20-16(14-7-8-35-13-14)4-6-22(29-20)28-19-5-3-17(18-11-27-26(34)24(18)19)25-31-30-23-10-15-9-21(15)33(23)25/h3-6,14-15,21H,7-13H2,1-2H3,(H,27,34)(H,28,29)/t14-,15?,21?/m1/s1. The number of anilines is 2. The fourth-order valence-electron chi connectivity index (χ4n) is 5.96. The predicted molar refractivity (Wildman–Crippen MR) is 131 cm³/mol. The Balaban J connectivity index is 1.25. The molecule has 2 N–H and O–H groups in total. The molecule has 3 aliphatic heterocycles. The van der Waals surface area contributed by atoms with Gasteiger partial charge in [0.15, 0.2) is 5.82 Å². The number of nitrogens with one attached hydrogen (secondary N) is 2. The summed E-state index contributed by atoms with van der Waals surface area (Å²) in [6.45, 7) is 2.79. The first-order valence-corrected chi connectivity index (χ1v) is 12.4. The summed E-state index contributed by atoms with van der Waals surface area (Å²) < 4.78 is 7.91. The van der Waals surface area contributed by atoms with Crippen molar-refractivity contribution in [2.24, 2.45) is 5.92 Å². The van der Waals surface area contributed by atoms with Crippen molar-refractivity contribution >= 4 is 17.4 Å². The van der Waals surface area contributed by atoms with Crippen molar-refractivity contribution in [1.29, 1.82) is 0 Å². The quantitative estimate of drug-likeness (QED) is 0.570. The minimum absolute atomic E-state index is 0.0666. The average Bonchev–Trinajstić information content (AvgIpc) is 3.30. The van der Waals surface area contributed by atoms with Gasteiger partial charge in [0.1, 0.15) is 11.6 Å². The lowest BCUT2D eigenvalue weighted by atomic mass is 9.96. The van der Waals surface area contributed by atoms with Crippen LogP contribution in [-0.2, 0) is 24.2 Å². The van der Waals surface area contributed by atoms with Crippen LogP contribution in [0.4, 0.5) is 11.5 Å². The first-order chi connectivity index (χ1) is 17.1. The Morgan fingerprint density at radius 3 is 2.97 bits per heavy atom. The van der Waals surface area contributed by atoms with Gasteiger partial charge in [-0.15, -0.1) is 10.2 Å². The van der Waals surface area contributed by atoms with E-state index in [1.165, 1.54) is 12.0 Å². The maximum Gasteiger partial charge on any atom is 0.254 e. The van der Waals surface area contributed by atoms with Gasteiger partial charge in [-0.2, -0.15) is 0 Å². The Labute approximate surface area is 203 Å². The van der Waals surface area contributed by atoms with E-state index >= 15 is 0 Å². The highest BCUT2D eigenvalue weighted by Gasteiger charge is 2.48. The number of benzene rings is 1. The Kier molecular flexibility index (Phi) is 4.72. The molecule has 2 aromatic heterocycles. The van der Waals surface area contributed by atoms with Crippen molar-refractivity contribution in [2.75, 3.05) is 32.6 Å². The number of hydrogen-bond acceptors (Lipinski definition) is 7. The van der Waals surface area contributed by atoms with E-state index in [-0.39, 0.29) is 5.91 Å². The smallest absolute Gasteiger partial charge is 0.254 e. The molecule has 7 rings (SSSR count). The Bertz CT molecular complexity index is 1340. The van der Waals surface area contributed by atoms with Gasteiger partial charge in [-0.1, -0.05) is 6.07 Å². The second kappa shape index (κ2) is 7.86. The van der Waals surface area contributed by atoms with Crippen LogP contribution in [-0.4, -0.2) is 57.9 Å². The van der Waals surface area contributed by atoms with Crippen LogP contribution in [0.1, 0.15) is 57.8 Å². The summed E-state index contributed by atoms with van der Waals surface area (Å²) in [4.78, 5) is 20.0. The van der Waals surface area contributed by atoms with Crippen molar-refractivity contribution in [1.82, 2.24) is 30.0 Å². The first kappa shape index (κ1) is 21.0. The molecule has 3 aromatic rings. The highest BCUT2D eigenvalue weighted by Crippen LogP contribution is 2.53. The lowest BCUT2D eigenvalue weighted by Crippen LogP contribution is -2.16. The van der Waals surface area contributed by atoms with Gasteiger partial charge in [-0.3, -0.25) is 4.79 Å². The number of ether oxygens (including phenoxy) is 1. The molecule has 3 atom stereocenters. The van der Waals surface area contributed by atoms with Gasteiger partial charge in [0.2, 0.25) is 0 Å². The number of carbonyl (C=O) groups is 1. The van der Waals surface area contributed by atoms with Crippen LogP contribution >= 0.6 is 0 Å². The average molecular weight is 472 g/mol. The monoisotopic (exact) mass is 471 g/mol. The number of pyridine rings is 1. The second-order valence-corrected chi connectivity index (χ2v) is 10.4. The molecule has 180 valence electrons. The zero-order valence-corrected chi connectivity index (χ0v) is 20.0. The lowest BCUT2D eigenvalue weighted by molar-refractivity contribution is 0.0966. The molecule has 2 unspecified atom stereocenters. The van der Waals surface area contributed by atoms with E-state index in [1.54, 1.807) is 0 Å². The summed E-state index contributed by atoms with van der Waals surface area (Å²) in [6.07, 6.45) is 3.25. The number of hydrogen-bond donors (Lipinski definition) is 2. The van der Waals surface area contributed by atoms with E-state index in [0.29, 0.717) is 30.0 Å². The molecular weight excluding hydrogens is 442 g/mol. The van der Waals surface area contributed by atoms with Crippen molar-refractivity contribution in [3.05, 3.63) is 52.5 Å². The van der Waals surface area contributed by atoms with E-state index < -0.39 is 0 Å². The zero-order chi connectivity index (χ0) is 23.7. The minimum atomic E-state index is -0.0666. The van der Waals surface area contributed by atoms with Gasteiger partial charge in [0.05, 0.1) is 23.6 Å². The maximum atomic E-state index is 12.9.